The summed E-state index contributed by atoms with van der Waals surface area (Å²) in [6.45, 7) is 0. The Bertz CT molecular complexity index is 472. The Hall–Kier alpha value is -0.150. The monoisotopic (exact) mass is 306 g/mol. The van der Waals surface area contributed by atoms with Crippen LogP contribution in [0.4, 0.5) is 0 Å². The molecule has 2 aliphatic rings. The van der Waals surface area contributed by atoms with E-state index in [0.29, 0.717) is 22.1 Å². The third kappa shape index (κ3) is 2.82. The predicted molar refractivity (Wildman–Crippen MR) is 75.8 cm³/mol. The lowest BCUT2D eigenvalue weighted by Crippen LogP contribution is -2.22. The first-order valence-electron chi connectivity index (χ1n) is 4.97. The second-order valence-corrected chi connectivity index (χ2v) is 6.61. The van der Waals surface area contributed by atoms with Gasteiger partial charge in [-0.15, -0.1) is 11.8 Å². The van der Waals surface area contributed by atoms with Crippen LogP contribution >= 0.6 is 46.6 Å². The van der Waals surface area contributed by atoms with E-state index in [0.717, 1.165) is 17.4 Å². The highest BCUT2D eigenvalue weighted by Crippen LogP contribution is 2.44. The number of carbonyl (C=O) groups excluding carboxylic acids is 1. The fraction of sp³-hybridized carbons (Fsp3) is 0.250. The van der Waals surface area contributed by atoms with E-state index < -0.39 is 4.33 Å². The van der Waals surface area contributed by atoms with Crippen LogP contribution in [-0.2, 0) is 4.79 Å². The molecule has 90 valence electrons. The Morgan fingerprint density at radius 3 is 2.71 bits per heavy atom. The van der Waals surface area contributed by atoms with Crippen molar-refractivity contribution in [2.45, 2.75) is 10.8 Å². The minimum absolute atomic E-state index is 0.410. The van der Waals surface area contributed by atoms with Gasteiger partial charge in [-0.3, -0.25) is 4.79 Å². The van der Waals surface area contributed by atoms with Crippen LogP contribution in [0.2, 0.25) is 0 Å². The Balaban J connectivity index is 2.53. The number of alkyl halides is 2. The summed E-state index contributed by atoms with van der Waals surface area (Å²) in [4.78, 5) is 11.5. The number of halogens is 3. The number of thioether (sulfide) groups is 1. The van der Waals surface area contributed by atoms with Crippen molar-refractivity contribution in [2.75, 3.05) is 5.75 Å². The molecule has 1 aliphatic heterocycles. The topological polar surface area (TPSA) is 17.1 Å². The summed E-state index contributed by atoms with van der Waals surface area (Å²) in [5.74, 6) is 0.410. The highest BCUT2D eigenvalue weighted by Gasteiger charge is 2.33. The Morgan fingerprint density at radius 2 is 2.00 bits per heavy atom. The minimum atomic E-state index is -0.968. The summed E-state index contributed by atoms with van der Waals surface area (Å²) in [5.41, 5.74) is 1.77. The molecule has 0 aromatic carbocycles. The molecule has 0 N–H and O–H groups in total. The highest BCUT2D eigenvalue weighted by molar-refractivity contribution is 8.04. The maximum Gasteiger partial charge on any atom is 0.157 e. The predicted octanol–water partition coefficient (Wildman–Crippen LogP) is 4.37. The van der Waals surface area contributed by atoms with Crippen LogP contribution in [0, 0.1) is 0 Å². The van der Waals surface area contributed by atoms with E-state index in [1.54, 1.807) is 0 Å². The maximum atomic E-state index is 11.0. The molecule has 5 heteroatoms. The van der Waals surface area contributed by atoms with Gasteiger partial charge < -0.3 is 0 Å². The molecule has 0 spiro atoms. The van der Waals surface area contributed by atoms with Gasteiger partial charge in [0.05, 0.1) is 9.94 Å². The molecule has 1 heterocycles. The van der Waals surface area contributed by atoms with Crippen LogP contribution in [-0.4, -0.2) is 16.4 Å². The Kier molecular flexibility index (Phi) is 4.09. The molecule has 17 heavy (non-hydrogen) atoms. The lowest BCUT2D eigenvalue weighted by molar-refractivity contribution is -0.104. The van der Waals surface area contributed by atoms with Gasteiger partial charge in [-0.05, 0) is 17.6 Å². The standard InChI is InChI=1S/C12H9Cl3OS/c13-11-8-3-1-2-4-9(5-8)12(14,15)7-17-10(11)6-16/h1-4,6H,5,7H2/b11-10+. The van der Waals surface area contributed by atoms with Gasteiger partial charge in [-0.25, -0.2) is 0 Å². The van der Waals surface area contributed by atoms with Gasteiger partial charge in [-0.2, -0.15) is 0 Å². The number of hydrogen-bond acceptors (Lipinski definition) is 2. The van der Waals surface area contributed by atoms with Crippen molar-refractivity contribution >= 4 is 52.9 Å². The summed E-state index contributed by atoms with van der Waals surface area (Å²) < 4.78 is -0.968. The van der Waals surface area contributed by atoms with Crippen LogP contribution in [0.1, 0.15) is 6.42 Å². The molecule has 0 saturated carbocycles. The van der Waals surface area contributed by atoms with Gasteiger partial charge in [0.2, 0.25) is 0 Å². The van der Waals surface area contributed by atoms with E-state index in [2.05, 4.69) is 0 Å². The fourth-order valence-electron chi connectivity index (χ4n) is 1.64. The van der Waals surface area contributed by atoms with Gasteiger partial charge in [0, 0.05) is 5.75 Å². The molecule has 0 saturated heterocycles. The Labute approximate surface area is 119 Å². The van der Waals surface area contributed by atoms with Crippen LogP contribution < -0.4 is 0 Å². The smallest absolute Gasteiger partial charge is 0.157 e. The van der Waals surface area contributed by atoms with E-state index in [9.17, 15) is 4.79 Å². The van der Waals surface area contributed by atoms with Crippen molar-refractivity contribution in [2.24, 2.45) is 0 Å². The van der Waals surface area contributed by atoms with Gasteiger partial charge in [0.15, 0.2) is 6.29 Å². The average Bonchev–Trinajstić information content (AvgIpc) is 2.54. The van der Waals surface area contributed by atoms with Crippen molar-refractivity contribution < 1.29 is 4.79 Å². The van der Waals surface area contributed by atoms with E-state index >= 15 is 0 Å². The van der Waals surface area contributed by atoms with Crippen molar-refractivity contribution in [1.82, 2.24) is 0 Å². The van der Waals surface area contributed by atoms with Crippen molar-refractivity contribution in [3.63, 3.8) is 0 Å². The zero-order valence-electron chi connectivity index (χ0n) is 8.75. The largest absolute Gasteiger partial charge is 0.297 e. The third-order valence-electron chi connectivity index (χ3n) is 2.57. The second kappa shape index (κ2) is 5.23. The third-order valence-corrected chi connectivity index (χ3v) is 5.39. The highest BCUT2D eigenvalue weighted by atomic mass is 35.5. The van der Waals surface area contributed by atoms with Gasteiger partial charge in [0.1, 0.15) is 4.33 Å². The van der Waals surface area contributed by atoms with Crippen molar-refractivity contribution in [1.29, 1.82) is 0 Å². The van der Waals surface area contributed by atoms with Crippen LogP contribution in [0.5, 0.6) is 0 Å². The fourth-order valence-corrected chi connectivity index (χ4v) is 3.41. The summed E-state index contributed by atoms with van der Waals surface area (Å²) in [5, 5.41) is 0.492. The summed E-state index contributed by atoms with van der Waals surface area (Å²) in [6.07, 6.45) is 8.85. The Morgan fingerprint density at radius 1 is 1.29 bits per heavy atom. The molecule has 2 rings (SSSR count). The molecular weight excluding hydrogens is 299 g/mol. The minimum Gasteiger partial charge on any atom is -0.297 e. The van der Waals surface area contributed by atoms with Gasteiger partial charge in [0.25, 0.3) is 0 Å². The molecule has 0 aromatic heterocycles. The van der Waals surface area contributed by atoms with Gasteiger partial charge in [-0.1, -0.05) is 59.1 Å². The second-order valence-electron chi connectivity index (χ2n) is 3.73. The van der Waals surface area contributed by atoms with Crippen LogP contribution in [0.3, 0.4) is 0 Å². The molecule has 0 aromatic rings. The first kappa shape index (κ1) is 13.3. The zero-order valence-corrected chi connectivity index (χ0v) is 11.8. The molecule has 0 amide bonds. The van der Waals surface area contributed by atoms with Crippen molar-refractivity contribution in [3.8, 4) is 0 Å². The molecular formula is C12H9Cl3OS. The number of hydrogen-bond donors (Lipinski definition) is 0. The summed E-state index contributed by atoms with van der Waals surface area (Å²) in [7, 11) is 0. The molecule has 1 aliphatic carbocycles. The number of allylic oxidation sites excluding steroid dienone is 8. The number of fused-ring (bicyclic) bond motifs is 2. The maximum absolute atomic E-state index is 11.0. The molecule has 1 nitrogen and oxygen atoms in total. The first-order valence-corrected chi connectivity index (χ1v) is 7.09. The molecule has 0 unspecified atom stereocenters. The number of carbonyl (C=O) groups is 1. The van der Waals surface area contributed by atoms with Crippen LogP contribution in [0.15, 0.2) is 45.4 Å². The zero-order chi connectivity index (χ0) is 12.5. The molecule has 0 fully saturated rings. The van der Waals surface area contributed by atoms with E-state index in [4.69, 9.17) is 34.8 Å². The average molecular weight is 308 g/mol. The number of aldehydes is 1. The van der Waals surface area contributed by atoms with Crippen LogP contribution in [0.25, 0.3) is 0 Å². The lowest BCUT2D eigenvalue weighted by atomic mass is 10.0. The summed E-state index contributed by atoms with van der Waals surface area (Å²) in [6, 6.07) is 0. The normalized spacial score (nSPS) is 27.5. The quantitative estimate of drug-likeness (QED) is 0.528. The first-order chi connectivity index (χ1) is 8.04. The van der Waals surface area contributed by atoms with Crippen molar-refractivity contribution in [3.05, 3.63) is 45.4 Å². The SMILES string of the molecule is O=C/C1=C(\Cl)C2=CC=CC=C(C2)C(Cl)(Cl)CS1. The molecule has 2 bridgehead atoms. The van der Waals surface area contributed by atoms with E-state index in [1.807, 2.05) is 24.3 Å². The molecule has 0 atom stereocenters. The van der Waals surface area contributed by atoms with E-state index in [-0.39, 0.29) is 0 Å². The molecule has 0 radical (unpaired) electrons. The van der Waals surface area contributed by atoms with Gasteiger partial charge >= 0.3 is 0 Å². The lowest BCUT2D eigenvalue weighted by Gasteiger charge is -2.26. The van der Waals surface area contributed by atoms with E-state index in [1.165, 1.54) is 11.8 Å². The summed E-state index contributed by atoms with van der Waals surface area (Å²) >= 11 is 20.1. The number of rotatable bonds is 1.